The van der Waals surface area contributed by atoms with Gasteiger partial charge < -0.3 is 4.74 Å². The molecule has 0 radical (unpaired) electrons. The second-order valence-electron chi connectivity index (χ2n) is 3.36. The van der Waals surface area contributed by atoms with Crippen molar-refractivity contribution in [2.24, 2.45) is 0 Å². The molecule has 0 bridgehead atoms. The minimum Gasteiger partial charge on any atom is -0.496 e. The van der Waals surface area contributed by atoms with Crippen LogP contribution in [-0.2, 0) is 0 Å². The average Bonchev–Trinajstić information content (AvgIpc) is 2.03. The fourth-order valence-electron chi connectivity index (χ4n) is 1.55. The van der Waals surface area contributed by atoms with Gasteiger partial charge in [-0.3, -0.25) is 0 Å². The molecule has 0 saturated carbocycles. The van der Waals surface area contributed by atoms with Crippen molar-refractivity contribution >= 4 is 12.6 Å². The van der Waals surface area contributed by atoms with Gasteiger partial charge in [-0.05, 0) is 37.5 Å². The van der Waals surface area contributed by atoms with Gasteiger partial charge in [-0.2, -0.15) is 12.6 Å². The van der Waals surface area contributed by atoms with Crippen LogP contribution < -0.4 is 4.74 Å². The van der Waals surface area contributed by atoms with Gasteiger partial charge in [0.25, 0.3) is 0 Å². The van der Waals surface area contributed by atoms with Crippen molar-refractivity contribution in [3.8, 4) is 5.75 Å². The molecule has 1 aromatic carbocycles. The van der Waals surface area contributed by atoms with Crippen molar-refractivity contribution in [3.63, 3.8) is 0 Å². The zero-order valence-corrected chi connectivity index (χ0v) is 9.48. The third kappa shape index (κ3) is 2.19. The summed E-state index contributed by atoms with van der Waals surface area (Å²) in [7, 11) is 1.71. The monoisotopic (exact) mass is 196 g/mol. The van der Waals surface area contributed by atoms with E-state index in [1.54, 1.807) is 7.11 Å². The zero-order valence-electron chi connectivity index (χ0n) is 8.59. The fourth-order valence-corrected chi connectivity index (χ4v) is 1.70. The highest BCUT2D eigenvalue weighted by molar-refractivity contribution is 7.80. The summed E-state index contributed by atoms with van der Waals surface area (Å²) in [6, 6.07) is 4.26. The molecule has 0 amide bonds. The summed E-state index contributed by atoms with van der Waals surface area (Å²) in [4.78, 5) is 0. The van der Waals surface area contributed by atoms with Crippen LogP contribution in [0.25, 0.3) is 0 Å². The molecule has 72 valence electrons. The van der Waals surface area contributed by atoms with Crippen LogP contribution in [0.2, 0.25) is 0 Å². The largest absolute Gasteiger partial charge is 0.496 e. The molecule has 13 heavy (non-hydrogen) atoms. The fraction of sp³-hybridized carbons (Fsp3) is 0.455. The maximum Gasteiger partial charge on any atom is 0.124 e. The molecule has 2 heteroatoms. The summed E-state index contributed by atoms with van der Waals surface area (Å²) in [6.07, 6.45) is 0. The van der Waals surface area contributed by atoms with Crippen LogP contribution in [0.3, 0.4) is 0 Å². The molecule has 0 aromatic heterocycles. The molecule has 1 rings (SSSR count). The van der Waals surface area contributed by atoms with Gasteiger partial charge in [0, 0.05) is 5.25 Å². The predicted octanol–water partition coefficient (Wildman–Crippen LogP) is 3.30. The Kier molecular flexibility index (Phi) is 3.26. The van der Waals surface area contributed by atoms with E-state index in [-0.39, 0.29) is 5.25 Å². The van der Waals surface area contributed by atoms with Crippen LogP contribution >= 0.6 is 12.6 Å². The van der Waals surface area contributed by atoms with Gasteiger partial charge in [-0.25, -0.2) is 0 Å². The lowest BCUT2D eigenvalue weighted by Crippen LogP contribution is -1.94. The Balaban J connectivity index is 3.20. The number of ether oxygens (including phenoxy) is 1. The van der Waals surface area contributed by atoms with Crippen molar-refractivity contribution in [1.29, 1.82) is 0 Å². The standard InChI is InChI=1S/C11H16OS/c1-7-5-10(9(3)13)6-8(2)11(7)12-4/h5-6,9,13H,1-4H3. The van der Waals surface area contributed by atoms with E-state index in [0.29, 0.717) is 0 Å². The Labute approximate surface area is 85.5 Å². The molecule has 1 nitrogen and oxygen atoms in total. The van der Waals surface area contributed by atoms with E-state index < -0.39 is 0 Å². The van der Waals surface area contributed by atoms with E-state index >= 15 is 0 Å². The van der Waals surface area contributed by atoms with E-state index in [9.17, 15) is 0 Å². The molecule has 0 N–H and O–H groups in total. The summed E-state index contributed by atoms with van der Waals surface area (Å²) in [6.45, 7) is 6.20. The van der Waals surface area contributed by atoms with Gasteiger partial charge in [0.1, 0.15) is 5.75 Å². The van der Waals surface area contributed by atoms with Crippen LogP contribution in [0.4, 0.5) is 0 Å². The van der Waals surface area contributed by atoms with Gasteiger partial charge in [0.15, 0.2) is 0 Å². The number of hydrogen-bond acceptors (Lipinski definition) is 2. The lowest BCUT2D eigenvalue weighted by Gasteiger charge is -2.12. The number of rotatable bonds is 2. The first-order chi connectivity index (χ1) is 6.06. The lowest BCUT2D eigenvalue weighted by atomic mass is 10.0. The zero-order chi connectivity index (χ0) is 10.0. The Bertz CT molecular complexity index is 282. The highest BCUT2D eigenvalue weighted by Gasteiger charge is 2.07. The van der Waals surface area contributed by atoms with Gasteiger partial charge >= 0.3 is 0 Å². The topological polar surface area (TPSA) is 9.23 Å². The number of benzene rings is 1. The lowest BCUT2D eigenvalue weighted by molar-refractivity contribution is 0.408. The Morgan fingerprint density at radius 1 is 1.23 bits per heavy atom. The van der Waals surface area contributed by atoms with Crippen molar-refractivity contribution in [1.82, 2.24) is 0 Å². The molecule has 0 aliphatic rings. The summed E-state index contributed by atoms with van der Waals surface area (Å²) in [5.74, 6) is 0.984. The van der Waals surface area contributed by atoms with E-state index in [4.69, 9.17) is 4.74 Å². The molecule has 1 unspecified atom stereocenters. The normalized spacial score (nSPS) is 12.7. The first kappa shape index (κ1) is 10.5. The minimum absolute atomic E-state index is 0.281. The highest BCUT2D eigenvalue weighted by atomic mass is 32.1. The minimum atomic E-state index is 0.281. The third-order valence-electron chi connectivity index (χ3n) is 2.17. The van der Waals surface area contributed by atoms with Crippen molar-refractivity contribution in [2.75, 3.05) is 7.11 Å². The van der Waals surface area contributed by atoms with Crippen LogP contribution in [0, 0.1) is 13.8 Å². The summed E-state index contributed by atoms with van der Waals surface area (Å²) in [5, 5.41) is 0.281. The molecular formula is C11H16OS. The molecule has 0 saturated heterocycles. The smallest absolute Gasteiger partial charge is 0.124 e. The molecule has 1 atom stereocenters. The quantitative estimate of drug-likeness (QED) is 0.714. The molecule has 0 spiro atoms. The summed E-state index contributed by atoms with van der Waals surface area (Å²) in [5.41, 5.74) is 3.61. The molecule has 0 heterocycles. The average molecular weight is 196 g/mol. The Morgan fingerprint density at radius 2 is 1.69 bits per heavy atom. The number of hydrogen-bond donors (Lipinski definition) is 1. The van der Waals surface area contributed by atoms with E-state index in [2.05, 4.69) is 45.5 Å². The SMILES string of the molecule is COc1c(C)cc(C(C)S)cc1C. The van der Waals surface area contributed by atoms with Crippen LogP contribution in [0.5, 0.6) is 5.75 Å². The molecule has 1 aromatic rings. The van der Waals surface area contributed by atoms with Gasteiger partial charge in [-0.15, -0.1) is 0 Å². The highest BCUT2D eigenvalue weighted by Crippen LogP contribution is 2.28. The molecule has 0 aliphatic heterocycles. The van der Waals surface area contributed by atoms with E-state index in [1.807, 2.05) is 0 Å². The van der Waals surface area contributed by atoms with Crippen molar-refractivity contribution in [3.05, 3.63) is 28.8 Å². The second-order valence-corrected chi connectivity index (χ2v) is 4.14. The molecular weight excluding hydrogens is 180 g/mol. The Morgan fingerprint density at radius 3 is 2.00 bits per heavy atom. The number of thiol groups is 1. The van der Waals surface area contributed by atoms with Crippen LogP contribution in [-0.4, -0.2) is 7.11 Å². The summed E-state index contributed by atoms with van der Waals surface area (Å²) >= 11 is 4.40. The number of aryl methyl sites for hydroxylation is 2. The predicted molar refractivity (Wildman–Crippen MR) is 59.9 cm³/mol. The summed E-state index contributed by atoms with van der Waals surface area (Å²) < 4.78 is 5.29. The van der Waals surface area contributed by atoms with Crippen molar-refractivity contribution < 1.29 is 4.74 Å². The van der Waals surface area contributed by atoms with Crippen LogP contribution in [0.1, 0.15) is 28.9 Å². The maximum absolute atomic E-state index is 5.29. The first-order valence-electron chi connectivity index (χ1n) is 4.39. The third-order valence-corrected chi connectivity index (χ3v) is 2.47. The van der Waals surface area contributed by atoms with Gasteiger partial charge in [0.2, 0.25) is 0 Å². The number of methoxy groups -OCH3 is 1. The van der Waals surface area contributed by atoms with E-state index in [0.717, 1.165) is 5.75 Å². The van der Waals surface area contributed by atoms with Gasteiger partial charge in [-0.1, -0.05) is 12.1 Å². The molecule has 0 fully saturated rings. The van der Waals surface area contributed by atoms with Crippen molar-refractivity contribution in [2.45, 2.75) is 26.0 Å². The first-order valence-corrected chi connectivity index (χ1v) is 4.91. The van der Waals surface area contributed by atoms with Crippen LogP contribution in [0.15, 0.2) is 12.1 Å². The second kappa shape index (κ2) is 4.05. The molecule has 0 aliphatic carbocycles. The maximum atomic E-state index is 5.29. The van der Waals surface area contributed by atoms with E-state index in [1.165, 1.54) is 16.7 Å². The Hall–Kier alpha value is -0.630. The van der Waals surface area contributed by atoms with Gasteiger partial charge in [0.05, 0.1) is 7.11 Å².